The number of hydrogen-bond acceptors (Lipinski definition) is 6. The molecule has 0 spiro atoms. The van der Waals surface area contributed by atoms with Crippen LogP contribution in [0.15, 0.2) is 71.8 Å². The molecule has 2 aromatic carbocycles. The van der Waals surface area contributed by atoms with Crippen molar-refractivity contribution in [3.63, 3.8) is 0 Å². The number of nitrogens with one attached hydrogen (secondary N) is 2. The van der Waals surface area contributed by atoms with Crippen molar-refractivity contribution >= 4 is 52.4 Å². The highest BCUT2D eigenvalue weighted by Crippen LogP contribution is 2.31. The minimum atomic E-state index is -0.289. The Balaban J connectivity index is 1.19. The van der Waals surface area contributed by atoms with Crippen LogP contribution in [0.2, 0.25) is 0 Å². The second-order valence-corrected chi connectivity index (χ2v) is 8.76. The summed E-state index contributed by atoms with van der Waals surface area (Å²) in [5.74, 6) is 0.342. The van der Waals surface area contributed by atoms with Gasteiger partial charge in [0.15, 0.2) is 11.5 Å². The Morgan fingerprint density at radius 1 is 1.09 bits per heavy atom. The molecule has 3 aromatic rings. The topological polar surface area (TPSA) is 79.9 Å². The fourth-order valence-corrected chi connectivity index (χ4v) is 4.49. The molecule has 2 N–H and O–H groups in total. The Hall–Kier alpha value is -3.88. The fourth-order valence-electron chi connectivity index (χ4n) is 3.70. The van der Waals surface area contributed by atoms with Gasteiger partial charge in [-0.3, -0.25) is 9.59 Å². The number of thiophene rings is 1. The molecule has 0 saturated carbocycles. The van der Waals surface area contributed by atoms with Crippen molar-refractivity contribution < 1.29 is 19.1 Å². The fraction of sp³-hybridized carbons (Fsp3) is 0.154. The van der Waals surface area contributed by atoms with E-state index >= 15 is 0 Å². The number of para-hydroxylation sites is 2. The normalized spacial score (nSPS) is 16.8. The summed E-state index contributed by atoms with van der Waals surface area (Å²) in [7, 11) is 0. The Morgan fingerprint density at radius 3 is 2.71 bits per heavy atom. The monoisotopic (exact) mass is 473 g/mol. The summed E-state index contributed by atoms with van der Waals surface area (Å²) >= 11 is 1.46. The predicted octanol–water partition coefficient (Wildman–Crippen LogP) is 4.61. The number of nitrogens with zero attached hydrogens (tertiary/aromatic N) is 1. The highest BCUT2D eigenvalue weighted by Gasteiger charge is 2.21. The molecule has 2 aliphatic heterocycles. The number of morpholine rings is 1. The zero-order chi connectivity index (χ0) is 23.3. The van der Waals surface area contributed by atoms with Crippen LogP contribution in [0.25, 0.3) is 12.2 Å². The predicted molar refractivity (Wildman–Crippen MR) is 135 cm³/mol. The molecule has 1 fully saturated rings. The van der Waals surface area contributed by atoms with Crippen molar-refractivity contribution in [2.45, 2.75) is 0 Å². The summed E-state index contributed by atoms with van der Waals surface area (Å²) in [4.78, 5) is 27.8. The molecule has 2 aliphatic rings. The average Bonchev–Trinajstić information content (AvgIpc) is 3.32. The number of carbonyl (C=O) groups excluding carboxylic acids is 2. The lowest BCUT2D eigenvalue weighted by atomic mass is 10.2. The van der Waals surface area contributed by atoms with Gasteiger partial charge >= 0.3 is 0 Å². The summed E-state index contributed by atoms with van der Waals surface area (Å²) in [5.41, 5.74) is 3.38. The molecular formula is C26H23N3O4S. The molecule has 1 aromatic heterocycles. The second-order valence-electron chi connectivity index (χ2n) is 7.81. The van der Waals surface area contributed by atoms with E-state index in [2.05, 4.69) is 15.5 Å². The van der Waals surface area contributed by atoms with Gasteiger partial charge in [-0.05, 0) is 59.5 Å². The van der Waals surface area contributed by atoms with E-state index in [0.717, 1.165) is 48.1 Å². The Bertz CT molecular complexity index is 1260. The molecule has 0 radical (unpaired) electrons. The highest BCUT2D eigenvalue weighted by molar-refractivity contribution is 7.11. The molecule has 8 heteroatoms. The van der Waals surface area contributed by atoms with Crippen LogP contribution in [0.5, 0.6) is 5.75 Å². The van der Waals surface area contributed by atoms with Crippen molar-refractivity contribution in [2.75, 3.05) is 41.8 Å². The van der Waals surface area contributed by atoms with Gasteiger partial charge in [-0.1, -0.05) is 12.1 Å². The molecule has 5 rings (SSSR count). The number of amides is 2. The van der Waals surface area contributed by atoms with E-state index in [9.17, 15) is 9.59 Å². The van der Waals surface area contributed by atoms with Crippen LogP contribution >= 0.6 is 11.3 Å². The van der Waals surface area contributed by atoms with Gasteiger partial charge in [0, 0.05) is 41.5 Å². The molecular weight excluding hydrogens is 450 g/mol. The number of fused-ring (bicyclic) bond motifs is 1. The minimum Gasteiger partial charge on any atom is -0.449 e. The van der Waals surface area contributed by atoms with Gasteiger partial charge in [0.1, 0.15) is 0 Å². The van der Waals surface area contributed by atoms with Crippen LogP contribution in [0, 0.1) is 0 Å². The molecule has 0 atom stereocenters. The van der Waals surface area contributed by atoms with Crippen LogP contribution in [-0.2, 0) is 14.3 Å². The molecule has 172 valence electrons. The number of carbonyl (C=O) groups is 2. The first-order valence-electron chi connectivity index (χ1n) is 10.9. The molecule has 0 unspecified atom stereocenters. The van der Waals surface area contributed by atoms with Gasteiger partial charge < -0.3 is 25.0 Å². The Labute approximate surface area is 201 Å². The average molecular weight is 474 g/mol. The zero-order valence-electron chi connectivity index (χ0n) is 18.3. The maximum absolute atomic E-state index is 12.3. The van der Waals surface area contributed by atoms with Gasteiger partial charge in [0.2, 0.25) is 5.91 Å². The summed E-state index contributed by atoms with van der Waals surface area (Å²) in [5, 5.41) is 7.62. The molecule has 1 saturated heterocycles. The van der Waals surface area contributed by atoms with Crippen LogP contribution in [-0.4, -0.2) is 38.1 Å². The van der Waals surface area contributed by atoms with E-state index in [1.807, 2.05) is 47.8 Å². The van der Waals surface area contributed by atoms with E-state index in [0.29, 0.717) is 11.4 Å². The molecule has 34 heavy (non-hydrogen) atoms. The summed E-state index contributed by atoms with van der Waals surface area (Å²) in [6, 6.07) is 17.0. The van der Waals surface area contributed by atoms with Gasteiger partial charge in [0.05, 0.1) is 18.9 Å². The van der Waals surface area contributed by atoms with Crippen LogP contribution in [0.3, 0.4) is 0 Å². The summed E-state index contributed by atoms with van der Waals surface area (Å²) in [6.45, 7) is 3.22. The quantitative estimate of drug-likeness (QED) is 0.529. The zero-order valence-corrected chi connectivity index (χ0v) is 19.1. The van der Waals surface area contributed by atoms with Gasteiger partial charge in [-0.25, -0.2) is 0 Å². The third-order valence-corrected chi connectivity index (χ3v) is 6.33. The van der Waals surface area contributed by atoms with Crippen LogP contribution in [0.1, 0.15) is 10.4 Å². The van der Waals surface area contributed by atoms with Crippen molar-refractivity contribution in [3.05, 3.63) is 82.3 Å². The Morgan fingerprint density at radius 2 is 1.88 bits per heavy atom. The maximum atomic E-state index is 12.3. The van der Waals surface area contributed by atoms with E-state index in [1.54, 1.807) is 24.3 Å². The van der Waals surface area contributed by atoms with E-state index in [-0.39, 0.29) is 17.6 Å². The van der Waals surface area contributed by atoms with Gasteiger partial charge in [-0.2, -0.15) is 0 Å². The summed E-state index contributed by atoms with van der Waals surface area (Å²) in [6.07, 6.45) is 4.94. The Kier molecular flexibility index (Phi) is 6.42. The van der Waals surface area contributed by atoms with Crippen molar-refractivity contribution in [1.29, 1.82) is 0 Å². The number of benzene rings is 2. The standard InChI is InChI=1S/C26H23N3O4S/c30-25(27-19-6-8-20(9-7-19)29-11-13-32-14-12-29)10-5-18-15-21(34-17-18)16-24-26(31)28-22-3-1-2-4-23(22)33-24/h1-10,15-17H,11-14H2,(H,27,30)(H,28,31)/b10-5+,24-16-. The van der Waals surface area contributed by atoms with E-state index in [1.165, 1.54) is 17.4 Å². The lowest BCUT2D eigenvalue weighted by Gasteiger charge is -2.28. The summed E-state index contributed by atoms with van der Waals surface area (Å²) < 4.78 is 11.1. The third-order valence-electron chi connectivity index (χ3n) is 5.43. The maximum Gasteiger partial charge on any atom is 0.291 e. The molecule has 0 bridgehead atoms. The smallest absolute Gasteiger partial charge is 0.291 e. The molecule has 7 nitrogen and oxygen atoms in total. The number of anilines is 3. The first-order chi connectivity index (χ1) is 16.6. The highest BCUT2D eigenvalue weighted by atomic mass is 32.1. The van der Waals surface area contributed by atoms with Crippen molar-refractivity contribution in [2.24, 2.45) is 0 Å². The number of ether oxygens (including phenoxy) is 2. The van der Waals surface area contributed by atoms with Crippen LogP contribution in [0.4, 0.5) is 17.1 Å². The van der Waals surface area contributed by atoms with E-state index < -0.39 is 0 Å². The SMILES string of the molecule is O=C(/C=C/c1csc(/C=C2\Oc3ccccc3NC2=O)c1)Nc1ccc(N2CCOCC2)cc1. The second kappa shape index (κ2) is 9.94. The molecule has 3 heterocycles. The first-order valence-corrected chi connectivity index (χ1v) is 11.8. The van der Waals surface area contributed by atoms with Gasteiger partial charge in [0.25, 0.3) is 5.91 Å². The van der Waals surface area contributed by atoms with Crippen LogP contribution < -0.4 is 20.3 Å². The minimum absolute atomic E-state index is 0.211. The van der Waals surface area contributed by atoms with E-state index in [4.69, 9.17) is 9.47 Å². The molecule has 0 aliphatic carbocycles. The largest absolute Gasteiger partial charge is 0.449 e. The third kappa shape index (κ3) is 5.19. The van der Waals surface area contributed by atoms with Gasteiger partial charge in [-0.15, -0.1) is 11.3 Å². The van der Waals surface area contributed by atoms with Crippen molar-refractivity contribution in [3.8, 4) is 5.75 Å². The number of rotatable bonds is 5. The lowest BCUT2D eigenvalue weighted by Crippen LogP contribution is -2.36. The lowest BCUT2D eigenvalue weighted by molar-refractivity contribution is -0.115. The molecule has 2 amide bonds. The number of hydrogen-bond donors (Lipinski definition) is 2. The first kappa shape index (κ1) is 21.9. The van der Waals surface area contributed by atoms with Crippen molar-refractivity contribution in [1.82, 2.24) is 0 Å².